The van der Waals surface area contributed by atoms with Gasteiger partial charge in [-0.05, 0) is 18.7 Å². The third kappa shape index (κ3) is 3.12. The Kier molecular flexibility index (Phi) is 4.52. The quantitative estimate of drug-likeness (QED) is 0.842. The standard InChI is InChI=1S/C11H13ClN4O2S/c1-18-11(17)10-8(4-5-13)16(15-14-10)6-7-2-3-9(12)19-7/h2-3H,4-6,13H2,1H3. The van der Waals surface area contributed by atoms with E-state index in [1.807, 2.05) is 12.1 Å². The third-order valence-corrected chi connectivity index (χ3v) is 3.75. The van der Waals surface area contributed by atoms with E-state index in [1.165, 1.54) is 18.4 Å². The Balaban J connectivity index is 2.29. The lowest BCUT2D eigenvalue weighted by Crippen LogP contribution is -2.14. The van der Waals surface area contributed by atoms with Gasteiger partial charge in [-0.25, -0.2) is 9.48 Å². The zero-order valence-electron chi connectivity index (χ0n) is 10.3. The van der Waals surface area contributed by atoms with Crippen LogP contribution in [-0.2, 0) is 17.7 Å². The summed E-state index contributed by atoms with van der Waals surface area (Å²) in [5.74, 6) is -0.501. The summed E-state index contributed by atoms with van der Waals surface area (Å²) in [5.41, 5.74) is 6.45. The van der Waals surface area contributed by atoms with Gasteiger partial charge in [-0.2, -0.15) is 0 Å². The molecule has 0 saturated heterocycles. The Morgan fingerprint density at radius 1 is 1.58 bits per heavy atom. The molecular formula is C11H13ClN4O2S. The molecule has 2 rings (SSSR count). The fourth-order valence-corrected chi connectivity index (χ4v) is 2.75. The molecule has 102 valence electrons. The van der Waals surface area contributed by atoms with E-state index in [9.17, 15) is 4.79 Å². The Bertz CT molecular complexity index is 581. The molecule has 0 aromatic carbocycles. The van der Waals surface area contributed by atoms with E-state index in [2.05, 4.69) is 15.0 Å². The van der Waals surface area contributed by atoms with Gasteiger partial charge in [-0.3, -0.25) is 0 Å². The minimum absolute atomic E-state index is 0.218. The number of hydrogen-bond donors (Lipinski definition) is 1. The molecule has 19 heavy (non-hydrogen) atoms. The Morgan fingerprint density at radius 2 is 2.37 bits per heavy atom. The molecule has 0 bridgehead atoms. The molecule has 0 saturated carbocycles. The van der Waals surface area contributed by atoms with Crippen LogP contribution in [0.3, 0.4) is 0 Å². The van der Waals surface area contributed by atoms with Crippen molar-refractivity contribution in [2.75, 3.05) is 13.7 Å². The molecule has 0 aliphatic rings. The second-order valence-electron chi connectivity index (χ2n) is 3.78. The molecule has 0 radical (unpaired) electrons. The van der Waals surface area contributed by atoms with Crippen molar-refractivity contribution >= 4 is 28.9 Å². The van der Waals surface area contributed by atoms with Crippen molar-refractivity contribution in [3.63, 3.8) is 0 Å². The number of thiophene rings is 1. The van der Waals surface area contributed by atoms with Gasteiger partial charge in [-0.15, -0.1) is 16.4 Å². The molecule has 0 aliphatic heterocycles. The molecule has 2 N–H and O–H groups in total. The maximum atomic E-state index is 11.6. The van der Waals surface area contributed by atoms with Gasteiger partial charge in [-0.1, -0.05) is 16.8 Å². The van der Waals surface area contributed by atoms with Gasteiger partial charge in [0.25, 0.3) is 0 Å². The number of halogens is 1. The number of methoxy groups -OCH3 is 1. The van der Waals surface area contributed by atoms with Gasteiger partial charge < -0.3 is 10.5 Å². The summed E-state index contributed by atoms with van der Waals surface area (Å²) in [6.45, 7) is 0.916. The molecular weight excluding hydrogens is 288 g/mol. The zero-order chi connectivity index (χ0) is 13.8. The number of carbonyl (C=O) groups is 1. The van der Waals surface area contributed by atoms with Crippen molar-refractivity contribution < 1.29 is 9.53 Å². The van der Waals surface area contributed by atoms with Gasteiger partial charge in [0.2, 0.25) is 0 Å². The largest absolute Gasteiger partial charge is 0.464 e. The minimum Gasteiger partial charge on any atom is -0.464 e. The molecule has 0 unspecified atom stereocenters. The van der Waals surface area contributed by atoms with Gasteiger partial charge in [0.05, 0.1) is 23.7 Å². The van der Waals surface area contributed by atoms with E-state index in [0.29, 0.717) is 29.5 Å². The van der Waals surface area contributed by atoms with E-state index in [4.69, 9.17) is 17.3 Å². The predicted molar refractivity (Wildman–Crippen MR) is 72.6 cm³/mol. The summed E-state index contributed by atoms with van der Waals surface area (Å²) < 4.78 is 7.04. The lowest BCUT2D eigenvalue weighted by molar-refractivity contribution is 0.0592. The summed E-state index contributed by atoms with van der Waals surface area (Å²) in [7, 11) is 1.31. The molecule has 0 aliphatic carbocycles. The van der Waals surface area contributed by atoms with Crippen molar-refractivity contribution in [1.82, 2.24) is 15.0 Å². The first-order valence-corrected chi connectivity index (χ1v) is 6.80. The van der Waals surface area contributed by atoms with Crippen molar-refractivity contribution in [3.8, 4) is 0 Å². The molecule has 6 nitrogen and oxygen atoms in total. The second-order valence-corrected chi connectivity index (χ2v) is 5.58. The molecule has 0 spiro atoms. The smallest absolute Gasteiger partial charge is 0.360 e. The summed E-state index contributed by atoms with van der Waals surface area (Å²) in [4.78, 5) is 12.6. The van der Waals surface area contributed by atoms with E-state index in [-0.39, 0.29) is 5.69 Å². The topological polar surface area (TPSA) is 83.0 Å². The number of nitrogens with zero attached hydrogens (tertiary/aromatic N) is 3. The molecule has 2 heterocycles. The third-order valence-electron chi connectivity index (χ3n) is 2.53. The number of hydrogen-bond acceptors (Lipinski definition) is 6. The number of esters is 1. The van der Waals surface area contributed by atoms with E-state index in [1.54, 1.807) is 4.68 Å². The Hall–Kier alpha value is -1.44. The van der Waals surface area contributed by atoms with Gasteiger partial charge in [0.1, 0.15) is 0 Å². The molecule has 0 atom stereocenters. The van der Waals surface area contributed by atoms with Crippen LogP contribution in [0, 0.1) is 0 Å². The van der Waals surface area contributed by atoms with Crippen LogP contribution >= 0.6 is 22.9 Å². The number of carbonyl (C=O) groups excluding carboxylic acids is 1. The van der Waals surface area contributed by atoms with Crippen LogP contribution in [0.15, 0.2) is 12.1 Å². The van der Waals surface area contributed by atoms with Crippen molar-refractivity contribution in [2.24, 2.45) is 5.73 Å². The fraction of sp³-hybridized carbons (Fsp3) is 0.364. The van der Waals surface area contributed by atoms with Gasteiger partial charge >= 0.3 is 5.97 Å². The average molecular weight is 301 g/mol. The molecule has 2 aromatic heterocycles. The Labute approximate surface area is 119 Å². The van der Waals surface area contributed by atoms with Crippen LogP contribution in [0.1, 0.15) is 21.1 Å². The highest BCUT2D eigenvalue weighted by Crippen LogP contribution is 2.22. The maximum Gasteiger partial charge on any atom is 0.360 e. The number of aromatic nitrogens is 3. The molecule has 2 aromatic rings. The molecule has 0 amide bonds. The van der Waals surface area contributed by atoms with Crippen LogP contribution < -0.4 is 5.73 Å². The van der Waals surface area contributed by atoms with E-state index < -0.39 is 5.97 Å². The Morgan fingerprint density at radius 3 is 2.95 bits per heavy atom. The number of ether oxygens (including phenoxy) is 1. The van der Waals surface area contributed by atoms with Crippen molar-refractivity contribution in [2.45, 2.75) is 13.0 Å². The number of rotatable bonds is 5. The normalized spacial score (nSPS) is 10.7. The van der Waals surface area contributed by atoms with Crippen molar-refractivity contribution in [1.29, 1.82) is 0 Å². The molecule has 0 fully saturated rings. The maximum absolute atomic E-state index is 11.6. The lowest BCUT2D eigenvalue weighted by Gasteiger charge is -2.05. The first-order chi connectivity index (χ1) is 9.15. The highest BCUT2D eigenvalue weighted by atomic mass is 35.5. The van der Waals surface area contributed by atoms with E-state index in [0.717, 1.165) is 4.88 Å². The van der Waals surface area contributed by atoms with Crippen molar-refractivity contribution in [3.05, 3.63) is 32.7 Å². The van der Waals surface area contributed by atoms with Gasteiger partial charge in [0.15, 0.2) is 5.69 Å². The predicted octanol–water partition coefficient (Wildman–Crippen LogP) is 1.33. The van der Waals surface area contributed by atoms with Crippen LogP contribution in [0.25, 0.3) is 0 Å². The monoisotopic (exact) mass is 300 g/mol. The number of nitrogens with two attached hydrogens (primary N) is 1. The van der Waals surface area contributed by atoms with Crippen LogP contribution in [0.4, 0.5) is 0 Å². The van der Waals surface area contributed by atoms with Crippen LogP contribution in [-0.4, -0.2) is 34.6 Å². The highest BCUT2D eigenvalue weighted by molar-refractivity contribution is 7.16. The summed E-state index contributed by atoms with van der Waals surface area (Å²) in [6.07, 6.45) is 0.510. The van der Waals surface area contributed by atoms with Crippen LogP contribution in [0.5, 0.6) is 0 Å². The van der Waals surface area contributed by atoms with Gasteiger partial charge in [0, 0.05) is 11.3 Å². The zero-order valence-corrected chi connectivity index (χ0v) is 11.9. The summed E-state index contributed by atoms with van der Waals surface area (Å²) in [6, 6.07) is 3.74. The van der Waals surface area contributed by atoms with E-state index >= 15 is 0 Å². The summed E-state index contributed by atoms with van der Waals surface area (Å²) >= 11 is 7.35. The first-order valence-electron chi connectivity index (χ1n) is 5.60. The molecule has 8 heteroatoms. The lowest BCUT2D eigenvalue weighted by atomic mass is 10.2. The average Bonchev–Trinajstić information content (AvgIpc) is 2.97. The van der Waals surface area contributed by atoms with Crippen LogP contribution in [0.2, 0.25) is 4.34 Å². The summed E-state index contributed by atoms with van der Waals surface area (Å²) in [5, 5.41) is 7.85. The minimum atomic E-state index is -0.501. The first kappa shape index (κ1) is 14.0. The highest BCUT2D eigenvalue weighted by Gasteiger charge is 2.19. The fourth-order valence-electron chi connectivity index (χ4n) is 1.68. The second kappa shape index (κ2) is 6.14. The SMILES string of the molecule is COC(=O)c1nnn(Cc2ccc(Cl)s2)c1CCN.